The van der Waals surface area contributed by atoms with Crippen LogP contribution in [0.15, 0.2) is 24.3 Å². The van der Waals surface area contributed by atoms with Crippen molar-refractivity contribution in [3.63, 3.8) is 0 Å². The molecule has 1 unspecified atom stereocenters. The summed E-state index contributed by atoms with van der Waals surface area (Å²) in [4.78, 5) is 0.706. The van der Waals surface area contributed by atoms with E-state index in [1.54, 1.807) is 11.6 Å². The van der Waals surface area contributed by atoms with Crippen LogP contribution in [0.2, 0.25) is 0 Å². The quantitative estimate of drug-likeness (QED) is 0.700. The molecule has 4 rings (SSSR count). The summed E-state index contributed by atoms with van der Waals surface area (Å²) in [6.07, 6.45) is 1.25. The maximum absolute atomic E-state index is 11.7. The first kappa shape index (κ1) is 15.5. The smallest absolute Gasteiger partial charge is 0.234 e. The number of rotatable bonds is 4. The predicted octanol–water partition coefficient (Wildman–Crippen LogP) is 1.69. The van der Waals surface area contributed by atoms with Gasteiger partial charge in [-0.25, -0.2) is 8.42 Å². The topological polar surface area (TPSA) is 86.5 Å². The van der Waals surface area contributed by atoms with Crippen LogP contribution in [0, 0.1) is 0 Å². The van der Waals surface area contributed by atoms with Gasteiger partial charge >= 0.3 is 0 Å². The molecule has 1 atom stereocenters. The number of benzene rings is 1. The van der Waals surface area contributed by atoms with Crippen molar-refractivity contribution in [3.8, 4) is 5.75 Å². The van der Waals surface area contributed by atoms with E-state index in [0.29, 0.717) is 17.8 Å². The Labute approximate surface area is 143 Å². The Balaban J connectivity index is 1.60. The molecule has 3 aromatic rings. The third-order valence-corrected chi connectivity index (χ3v) is 7.00. The van der Waals surface area contributed by atoms with E-state index >= 15 is 0 Å². The van der Waals surface area contributed by atoms with Gasteiger partial charge in [-0.1, -0.05) is 23.5 Å². The van der Waals surface area contributed by atoms with E-state index in [9.17, 15) is 8.42 Å². The summed E-state index contributed by atoms with van der Waals surface area (Å²) in [6.45, 7) is 0. The zero-order valence-corrected chi connectivity index (χ0v) is 14.7. The van der Waals surface area contributed by atoms with Crippen LogP contribution in [0.5, 0.6) is 5.75 Å². The van der Waals surface area contributed by atoms with Crippen LogP contribution in [0.1, 0.15) is 28.7 Å². The molecule has 0 amide bonds. The zero-order chi connectivity index (χ0) is 16.7. The number of ether oxygens (including phenoxy) is 1. The van der Waals surface area contributed by atoms with Crippen molar-refractivity contribution in [2.45, 2.75) is 18.8 Å². The number of aromatic nitrogens is 4. The molecule has 0 spiro atoms. The highest BCUT2D eigenvalue weighted by molar-refractivity contribution is 7.91. The van der Waals surface area contributed by atoms with Gasteiger partial charge in [0.15, 0.2) is 15.7 Å². The third kappa shape index (κ3) is 2.89. The maximum atomic E-state index is 11.7. The first-order valence-corrected chi connectivity index (χ1v) is 10.2. The second-order valence-corrected chi connectivity index (χ2v) is 9.09. The molecule has 1 fully saturated rings. The Morgan fingerprint density at radius 3 is 2.75 bits per heavy atom. The average molecular weight is 364 g/mol. The van der Waals surface area contributed by atoms with E-state index in [2.05, 4.69) is 15.3 Å². The van der Waals surface area contributed by atoms with E-state index in [1.165, 1.54) is 11.3 Å². The Morgan fingerprint density at radius 2 is 2.08 bits per heavy atom. The Morgan fingerprint density at radius 1 is 1.29 bits per heavy atom. The molecule has 0 N–H and O–H groups in total. The Kier molecular flexibility index (Phi) is 3.76. The second kappa shape index (κ2) is 5.82. The first-order valence-electron chi connectivity index (χ1n) is 7.58. The molecule has 0 saturated carbocycles. The molecular formula is C15H16N4O3S2. The lowest BCUT2D eigenvalue weighted by Gasteiger charge is -2.02. The molecule has 126 valence electrons. The molecule has 0 bridgehead atoms. The van der Waals surface area contributed by atoms with E-state index in [4.69, 9.17) is 4.74 Å². The van der Waals surface area contributed by atoms with E-state index in [1.807, 2.05) is 24.3 Å². The normalized spacial score (nSPS) is 19.8. The van der Waals surface area contributed by atoms with Crippen LogP contribution in [0.4, 0.5) is 0 Å². The fourth-order valence-corrected chi connectivity index (χ4v) is 5.71. The fourth-order valence-electron chi connectivity index (χ4n) is 2.86. The summed E-state index contributed by atoms with van der Waals surface area (Å²) in [5, 5.41) is 13.8. The van der Waals surface area contributed by atoms with Crippen LogP contribution >= 0.6 is 11.3 Å². The molecule has 1 saturated heterocycles. The minimum Gasteiger partial charge on any atom is -0.497 e. The Hall–Kier alpha value is -2.00. The summed E-state index contributed by atoms with van der Waals surface area (Å²) in [7, 11) is -1.28. The van der Waals surface area contributed by atoms with Crippen LogP contribution in [0.25, 0.3) is 4.96 Å². The van der Waals surface area contributed by atoms with Gasteiger partial charge in [-0.2, -0.15) is 9.61 Å². The van der Waals surface area contributed by atoms with Crippen molar-refractivity contribution in [2.24, 2.45) is 0 Å². The lowest BCUT2D eigenvalue weighted by Crippen LogP contribution is -2.05. The van der Waals surface area contributed by atoms with Gasteiger partial charge in [-0.05, 0) is 24.1 Å². The van der Waals surface area contributed by atoms with Crippen LogP contribution in [-0.2, 0) is 16.3 Å². The molecule has 2 aromatic heterocycles. The van der Waals surface area contributed by atoms with Crippen molar-refractivity contribution in [3.05, 3.63) is 40.7 Å². The zero-order valence-electron chi connectivity index (χ0n) is 13.0. The lowest BCUT2D eigenvalue weighted by molar-refractivity contribution is 0.414. The minimum atomic E-state index is -2.92. The minimum absolute atomic E-state index is 0.0180. The fraction of sp³-hybridized carbons (Fsp3) is 0.400. The molecule has 1 aliphatic rings. The molecule has 1 aliphatic heterocycles. The van der Waals surface area contributed by atoms with Gasteiger partial charge in [-0.3, -0.25) is 0 Å². The lowest BCUT2D eigenvalue weighted by atomic mass is 10.1. The highest BCUT2D eigenvalue weighted by atomic mass is 32.2. The van der Waals surface area contributed by atoms with Crippen molar-refractivity contribution < 1.29 is 13.2 Å². The number of methoxy groups -OCH3 is 1. The molecule has 0 aliphatic carbocycles. The molecule has 0 radical (unpaired) electrons. The average Bonchev–Trinajstić information content (AvgIpc) is 3.23. The number of hydrogen-bond acceptors (Lipinski definition) is 7. The maximum Gasteiger partial charge on any atom is 0.234 e. The highest BCUT2D eigenvalue weighted by Gasteiger charge is 2.32. The van der Waals surface area contributed by atoms with Crippen LogP contribution in [-0.4, -0.2) is 46.8 Å². The largest absolute Gasteiger partial charge is 0.497 e. The Bertz CT molecular complexity index is 976. The third-order valence-electron chi connectivity index (χ3n) is 4.17. The second-order valence-electron chi connectivity index (χ2n) is 5.88. The van der Waals surface area contributed by atoms with Crippen molar-refractivity contribution in [1.29, 1.82) is 0 Å². The molecule has 1 aromatic carbocycles. The first-order chi connectivity index (χ1) is 11.5. The number of nitrogens with zero attached hydrogens (tertiary/aromatic N) is 4. The van der Waals surface area contributed by atoms with Crippen molar-refractivity contribution in [2.75, 3.05) is 18.6 Å². The molecule has 7 nitrogen and oxygen atoms in total. The SMILES string of the molecule is COc1ccc(Cc2nnc3sc(C4CCS(=O)(=O)C4)nn23)cc1. The van der Waals surface area contributed by atoms with E-state index in [0.717, 1.165) is 22.1 Å². The summed E-state index contributed by atoms with van der Waals surface area (Å²) in [5.41, 5.74) is 1.09. The number of sulfone groups is 1. The van der Waals surface area contributed by atoms with Crippen molar-refractivity contribution in [1.82, 2.24) is 19.8 Å². The van der Waals surface area contributed by atoms with Gasteiger partial charge in [0.1, 0.15) is 10.8 Å². The molecule has 3 heterocycles. The molecular weight excluding hydrogens is 348 g/mol. The standard InChI is InChI=1S/C15H16N4O3S2/c1-22-12-4-2-10(3-5-12)8-13-16-17-15-19(13)18-14(23-15)11-6-7-24(20,21)9-11/h2-5,11H,6-9H2,1H3. The van der Waals surface area contributed by atoms with Crippen LogP contribution < -0.4 is 4.74 Å². The van der Waals surface area contributed by atoms with Gasteiger partial charge in [0.25, 0.3) is 0 Å². The van der Waals surface area contributed by atoms with E-state index in [-0.39, 0.29) is 17.4 Å². The van der Waals surface area contributed by atoms with Gasteiger partial charge in [0.2, 0.25) is 4.96 Å². The summed E-state index contributed by atoms with van der Waals surface area (Å²) in [6, 6.07) is 7.78. The number of fused-ring (bicyclic) bond motifs is 1. The molecule has 9 heteroatoms. The van der Waals surface area contributed by atoms with Gasteiger partial charge in [-0.15, -0.1) is 10.2 Å². The number of hydrogen-bond donors (Lipinski definition) is 0. The monoisotopic (exact) mass is 364 g/mol. The van der Waals surface area contributed by atoms with Gasteiger partial charge < -0.3 is 4.74 Å². The summed E-state index contributed by atoms with van der Waals surface area (Å²) < 4.78 is 30.2. The summed E-state index contributed by atoms with van der Waals surface area (Å²) >= 11 is 1.43. The van der Waals surface area contributed by atoms with Crippen molar-refractivity contribution >= 4 is 26.1 Å². The van der Waals surface area contributed by atoms with Gasteiger partial charge in [0, 0.05) is 12.3 Å². The molecule has 24 heavy (non-hydrogen) atoms. The van der Waals surface area contributed by atoms with Crippen LogP contribution in [0.3, 0.4) is 0 Å². The summed E-state index contributed by atoms with van der Waals surface area (Å²) in [5.74, 6) is 1.97. The highest BCUT2D eigenvalue weighted by Crippen LogP contribution is 2.31. The van der Waals surface area contributed by atoms with Gasteiger partial charge in [0.05, 0.1) is 18.6 Å². The van der Waals surface area contributed by atoms with E-state index < -0.39 is 9.84 Å². The predicted molar refractivity (Wildman–Crippen MR) is 90.5 cm³/mol.